The SMILES string of the molecule is O=C1OC[C@@]2(CO)[C@@H]1CCN2C(=O)OCC1c2ccccc2-c2ccccc21. The van der Waals surface area contributed by atoms with Crippen LogP contribution in [0.5, 0.6) is 0 Å². The summed E-state index contributed by atoms with van der Waals surface area (Å²) in [6.07, 6.45) is -0.0134. The van der Waals surface area contributed by atoms with E-state index in [-0.39, 0.29) is 31.7 Å². The minimum Gasteiger partial charge on any atom is -0.463 e. The molecule has 144 valence electrons. The van der Waals surface area contributed by atoms with Gasteiger partial charge in [0.2, 0.25) is 0 Å². The first-order valence-corrected chi connectivity index (χ1v) is 9.56. The van der Waals surface area contributed by atoms with Crippen molar-refractivity contribution in [2.45, 2.75) is 17.9 Å². The highest BCUT2D eigenvalue weighted by atomic mass is 16.6. The molecule has 1 amide bonds. The lowest BCUT2D eigenvalue weighted by Crippen LogP contribution is -2.54. The minimum absolute atomic E-state index is 0.0250. The van der Waals surface area contributed by atoms with Crippen molar-refractivity contribution in [2.24, 2.45) is 5.92 Å². The summed E-state index contributed by atoms with van der Waals surface area (Å²) >= 11 is 0. The summed E-state index contributed by atoms with van der Waals surface area (Å²) in [5.41, 5.74) is 3.64. The molecule has 1 aliphatic carbocycles. The van der Waals surface area contributed by atoms with Gasteiger partial charge < -0.3 is 14.6 Å². The smallest absolute Gasteiger partial charge is 0.410 e. The van der Waals surface area contributed by atoms with Crippen LogP contribution in [-0.2, 0) is 14.3 Å². The number of cyclic esters (lactones) is 1. The van der Waals surface area contributed by atoms with E-state index in [0.29, 0.717) is 13.0 Å². The number of amides is 1. The van der Waals surface area contributed by atoms with Crippen molar-refractivity contribution in [1.29, 1.82) is 0 Å². The van der Waals surface area contributed by atoms with Gasteiger partial charge in [-0.15, -0.1) is 0 Å². The van der Waals surface area contributed by atoms with E-state index in [1.165, 1.54) is 16.0 Å². The number of likely N-dealkylation sites (tertiary alicyclic amines) is 1. The van der Waals surface area contributed by atoms with Crippen molar-refractivity contribution in [3.63, 3.8) is 0 Å². The molecule has 6 heteroatoms. The second-order valence-electron chi connectivity index (χ2n) is 7.67. The molecule has 0 spiro atoms. The van der Waals surface area contributed by atoms with Crippen molar-refractivity contribution in [3.05, 3.63) is 59.7 Å². The molecule has 2 fully saturated rings. The van der Waals surface area contributed by atoms with Gasteiger partial charge >= 0.3 is 12.1 Å². The third kappa shape index (κ3) is 2.31. The van der Waals surface area contributed by atoms with Gasteiger partial charge in [-0.3, -0.25) is 9.69 Å². The Kier molecular flexibility index (Phi) is 3.91. The Bertz CT molecular complexity index is 912. The first kappa shape index (κ1) is 17.3. The molecule has 2 heterocycles. The van der Waals surface area contributed by atoms with E-state index in [0.717, 1.165) is 11.1 Å². The summed E-state index contributed by atoms with van der Waals surface area (Å²) in [6, 6.07) is 16.3. The standard InChI is InChI=1S/C22H21NO5/c24-12-22-13-28-20(25)19(22)9-10-23(22)21(26)27-11-18-16-7-3-1-5-14(16)15-6-2-4-8-17(15)18/h1-8,18-19,24H,9-13H2/t19-,22+/m1/s1. The number of nitrogens with zero attached hydrogens (tertiary/aromatic N) is 1. The van der Waals surface area contributed by atoms with Gasteiger partial charge in [-0.25, -0.2) is 4.79 Å². The average molecular weight is 379 g/mol. The topological polar surface area (TPSA) is 76.1 Å². The van der Waals surface area contributed by atoms with Crippen LogP contribution in [0.25, 0.3) is 11.1 Å². The summed E-state index contributed by atoms with van der Waals surface area (Å²) in [7, 11) is 0. The molecule has 0 aromatic heterocycles. The average Bonchev–Trinajstić information content (AvgIpc) is 3.37. The predicted molar refractivity (Wildman–Crippen MR) is 101 cm³/mol. The summed E-state index contributed by atoms with van der Waals surface area (Å²) in [5, 5.41) is 9.92. The Morgan fingerprint density at radius 2 is 1.79 bits per heavy atom. The normalized spacial score (nSPS) is 25.2. The number of esters is 1. The number of fused-ring (bicyclic) bond motifs is 4. The monoisotopic (exact) mass is 379 g/mol. The van der Waals surface area contributed by atoms with Crippen LogP contribution in [-0.4, -0.2) is 54.0 Å². The number of hydrogen-bond donors (Lipinski definition) is 1. The first-order chi connectivity index (χ1) is 13.7. The van der Waals surface area contributed by atoms with E-state index in [2.05, 4.69) is 24.3 Å². The number of aliphatic hydroxyl groups is 1. The maximum Gasteiger partial charge on any atom is 0.410 e. The molecule has 2 aromatic carbocycles. The highest BCUT2D eigenvalue weighted by molar-refractivity contribution is 5.81. The van der Waals surface area contributed by atoms with E-state index in [9.17, 15) is 14.7 Å². The lowest BCUT2D eigenvalue weighted by atomic mass is 9.88. The zero-order chi connectivity index (χ0) is 19.3. The third-order valence-corrected chi connectivity index (χ3v) is 6.41. The number of aliphatic hydroxyl groups excluding tert-OH is 1. The van der Waals surface area contributed by atoms with Crippen molar-refractivity contribution in [2.75, 3.05) is 26.4 Å². The number of rotatable bonds is 3. The highest BCUT2D eigenvalue weighted by Crippen LogP contribution is 2.45. The van der Waals surface area contributed by atoms with Gasteiger partial charge in [0.15, 0.2) is 0 Å². The number of carbonyl (C=O) groups is 2. The summed E-state index contributed by atoms with van der Waals surface area (Å²) < 4.78 is 10.8. The molecule has 2 atom stereocenters. The molecule has 3 aliphatic rings. The molecule has 2 aromatic rings. The molecule has 2 aliphatic heterocycles. The van der Waals surface area contributed by atoms with Crippen molar-refractivity contribution < 1.29 is 24.2 Å². The molecule has 0 saturated carbocycles. The molecule has 0 bridgehead atoms. The van der Waals surface area contributed by atoms with Gasteiger partial charge in [-0.05, 0) is 28.7 Å². The number of ether oxygens (including phenoxy) is 2. The van der Waals surface area contributed by atoms with E-state index >= 15 is 0 Å². The fourth-order valence-corrected chi connectivity index (χ4v) is 4.94. The minimum atomic E-state index is -0.986. The van der Waals surface area contributed by atoms with E-state index in [1.807, 2.05) is 24.3 Å². The molecule has 1 N–H and O–H groups in total. The van der Waals surface area contributed by atoms with E-state index in [4.69, 9.17) is 9.47 Å². The molecule has 6 nitrogen and oxygen atoms in total. The second-order valence-corrected chi connectivity index (χ2v) is 7.67. The molecule has 2 saturated heterocycles. The lowest BCUT2D eigenvalue weighted by Gasteiger charge is -2.33. The Morgan fingerprint density at radius 1 is 1.14 bits per heavy atom. The molecular weight excluding hydrogens is 358 g/mol. The summed E-state index contributed by atoms with van der Waals surface area (Å²) in [4.78, 5) is 26.3. The molecule has 5 rings (SSSR count). The van der Waals surface area contributed by atoms with E-state index < -0.39 is 17.6 Å². The summed E-state index contributed by atoms with van der Waals surface area (Å²) in [6.45, 7) is 0.312. The Labute approximate surface area is 162 Å². The molecular formula is C22H21NO5. The Hall–Kier alpha value is -2.86. The van der Waals surface area contributed by atoms with Crippen LogP contribution in [0.3, 0.4) is 0 Å². The predicted octanol–water partition coefficient (Wildman–Crippen LogP) is 2.55. The zero-order valence-electron chi connectivity index (χ0n) is 15.3. The largest absolute Gasteiger partial charge is 0.463 e. The molecule has 0 unspecified atom stereocenters. The number of benzene rings is 2. The molecule has 0 radical (unpaired) electrons. The lowest BCUT2D eigenvalue weighted by molar-refractivity contribution is -0.141. The van der Waals surface area contributed by atoms with Gasteiger partial charge in [0.1, 0.15) is 18.8 Å². The van der Waals surface area contributed by atoms with Crippen molar-refractivity contribution in [3.8, 4) is 11.1 Å². The fraction of sp³-hybridized carbons (Fsp3) is 0.364. The van der Waals surface area contributed by atoms with Crippen LogP contribution in [0.4, 0.5) is 4.79 Å². The highest BCUT2D eigenvalue weighted by Gasteiger charge is 2.59. The van der Waals surface area contributed by atoms with Crippen LogP contribution < -0.4 is 0 Å². The van der Waals surface area contributed by atoms with Gasteiger partial charge in [-0.1, -0.05) is 48.5 Å². The van der Waals surface area contributed by atoms with Crippen LogP contribution in [0.1, 0.15) is 23.5 Å². The number of hydrogen-bond acceptors (Lipinski definition) is 5. The van der Waals surface area contributed by atoms with Crippen LogP contribution >= 0.6 is 0 Å². The van der Waals surface area contributed by atoms with Gasteiger partial charge in [0, 0.05) is 12.5 Å². The number of carbonyl (C=O) groups excluding carboxylic acids is 2. The van der Waals surface area contributed by atoms with Gasteiger partial charge in [0.05, 0.1) is 12.5 Å². The maximum absolute atomic E-state index is 12.9. The van der Waals surface area contributed by atoms with Crippen LogP contribution in [0, 0.1) is 5.92 Å². The molecule has 28 heavy (non-hydrogen) atoms. The summed E-state index contributed by atoms with van der Waals surface area (Å²) in [5.74, 6) is -0.845. The third-order valence-electron chi connectivity index (χ3n) is 6.41. The van der Waals surface area contributed by atoms with Crippen molar-refractivity contribution in [1.82, 2.24) is 4.90 Å². The Morgan fingerprint density at radius 3 is 2.43 bits per heavy atom. The zero-order valence-corrected chi connectivity index (χ0v) is 15.3. The van der Waals surface area contributed by atoms with Crippen molar-refractivity contribution >= 4 is 12.1 Å². The maximum atomic E-state index is 12.9. The van der Waals surface area contributed by atoms with Gasteiger partial charge in [-0.2, -0.15) is 0 Å². The van der Waals surface area contributed by atoms with Crippen LogP contribution in [0.2, 0.25) is 0 Å². The quantitative estimate of drug-likeness (QED) is 0.830. The first-order valence-electron chi connectivity index (χ1n) is 9.56. The van der Waals surface area contributed by atoms with Gasteiger partial charge in [0.25, 0.3) is 0 Å². The van der Waals surface area contributed by atoms with Crippen LogP contribution in [0.15, 0.2) is 48.5 Å². The Balaban J connectivity index is 1.37. The second kappa shape index (κ2) is 6.34. The fourth-order valence-electron chi connectivity index (χ4n) is 4.94. The van der Waals surface area contributed by atoms with E-state index in [1.54, 1.807) is 0 Å².